The highest BCUT2D eigenvalue weighted by atomic mass is 35.5. The van der Waals surface area contributed by atoms with Gasteiger partial charge in [-0.15, -0.1) is 10.2 Å². The Morgan fingerprint density at radius 2 is 1.89 bits per heavy atom. The van der Waals surface area contributed by atoms with Gasteiger partial charge in [0.1, 0.15) is 5.75 Å². The number of carbonyl (C=O) groups excluding carboxylic acids is 1. The van der Waals surface area contributed by atoms with Gasteiger partial charge in [-0.1, -0.05) is 46.8 Å². The van der Waals surface area contributed by atoms with E-state index in [1.165, 1.54) is 23.1 Å². The maximum absolute atomic E-state index is 12.2. The lowest BCUT2D eigenvalue weighted by Gasteiger charge is -2.14. The van der Waals surface area contributed by atoms with Crippen molar-refractivity contribution in [1.29, 1.82) is 0 Å². The molecule has 1 heterocycles. The van der Waals surface area contributed by atoms with Crippen LogP contribution in [-0.4, -0.2) is 29.0 Å². The second kappa shape index (κ2) is 9.77. The number of thioether (sulfide) groups is 1. The number of halogens is 1. The van der Waals surface area contributed by atoms with Gasteiger partial charge in [-0.25, -0.2) is 0 Å². The molecule has 2 N–H and O–H groups in total. The van der Waals surface area contributed by atoms with Crippen LogP contribution in [0.2, 0.25) is 5.02 Å². The summed E-state index contributed by atoms with van der Waals surface area (Å²) in [4.78, 5) is 12.2. The molecule has 1 amide bonds. The van der Waals surface area contributed by atoms with Gasteiger partial charge >= 0.3 is 0 Å². The summed E-state index contributed by atoms with van der Waals surface area (Å²) in [5.41, 5.74) is 1.90. The van der Waals surface area contributed by atoms with Crippen LogP contribution in [0, 0.1) is 0 Å². The van der Waals surface area contributed by atoms with E-state index in [1.807, 2.05) is 55.5 Å². The first-order valence-electron chi connectivity index (χ1n) is 8.45. The fraction of sp³-hybridized carbons (Fsp3) is 0.211. The van der Waals surface area contributed by atoms with Crippen LogP contribution in [-0.2, 0) is 4.79 Å². The Morgan fingerprint density at radius 1 is 1.18 bits per heavy atom. The number of hydrogen-bond donors (Lipinski definition) is 2. The third-order valence-electron chi connectivity index (χ3n) is 3.82. The van der Waals surface area contributed by atoms with Crippen molar-refractivity contribution in [3.8, 4) is 5.75 Å². The van der Waals surface area contributed by atoms with Gasteiger partial charge < -0.3 is 15.4 Å². The van der Waals surface area contributed by atoms with Crippen LogP contribution in [0.5, 0.6) is 5.75 Å². The van der Waals surface area contributed by atoms with Crippen LogP contribution in [0.4, 0.5) is 10.8 Å². The summed E-state index contributed by atoms with van der Waals surface area (Å²) in [6, 6.07) is 14.9. The molecule has 0 saturated carbocycles. The Hall–Kier alpha value is -2.29. The predicted octanol–water partition coefficient (Wildman–Crippen LogP) is 4.91. The topological polar surface area (TPSA) is 76.1 Å². The zero-order valence-corrected chi connectivity index (χ0v) is 17.7. The first-order chi connectivity index (χ1) is 13.5. The molecule has 6 nitrogen and oxygen atoms in total. The van der Waals surface area contributed by atoms with Crippen LogP contribution in [0.1, 0.15) is 18.5 Å². The average Bonchev–Trinajstić information content (AvgIpc) is 3.15. The molecule has 1 aromatic heterocycles. The van der Waals surface area contributed by atoms with Gasteiger partial charge in [-0.05, 0) is 48.9 Å². The van der Waals surface area contributed by atoms with E-state index in [0.29, 0.717) is 10.2 Å². The number of hydrogen-bond acceptors (Lipinski definition) is 7. The van der Waals surface area contributed by atoms with Gasteiger partial charge in [-0.3, -0.25) is 4.79 Å². The molecule has 0 aliphatic rings. The van der Waals surface area contributed by atoms with Gasteiger partial charge in [0.15, 0.2) is 4.34 Å². The first kappa shape index (κ1) is 20.4. The van der Waals surface area contributed by atoms with Crippen molar-refractivity contribution in [2.75, 3.05) is 18.2 Å². The highest BCUT2D eigenvalue weighted by Crippen LogP contribution is 2.28. The lowest BCUT2D eigenvalue weighted by Crippen LogP contribution is -2.28. The van der Waals surface area contributed by atoms with E-state index in [4.69, 9.17) is 16.3 Å². The molecule has 0 aliphatic carbocycles. The lowest BCUT2D eigenvalue weighted by atomic mass is 10.1. The Balaban J connectivity index is 1.48. The molecule has 2 aromatic carbocycles. The minimum atomic E-state index is -0.0907. The van der Waals surface area contributed by atoms with Crippen molar-refractivity contribution in [2.45, 2.75) is 17.3 Å². The molecule has 0 spiro atoms. The molecule has 1 atom stereocenters. The molecule has 3 rings (SSSR count). The number of nitrogens with one attached hydrogen (secondary N) is 2. The monoisotopic (exact) mass is 434 g/mol. The van der Waals surface area contributed by atoms with E-state index >= 15 is 0 Å². The number of rotatable bonds is 8. The summed E-state index contributed by atoms with van der Waals surface area (Å²) < 4.78 is 5.87. The quantitative estimate of drug-likeness (QED) is 0.490. The number of anilines is 2. The van der Waals surface area contributed by atoms with Crippen LogP contribution < -0.4 is 15.4 Å². The van der Waals surface area contributed by atoms with E-state index in [0.717, 1.165) is 21.3 Å². The van der Waals surface area contributed by atoms with Crippen molar-refractivity contribution in [1.82, 2.24) is 15.5 Å². The van der Waals surface area contributed by atoms with Crippen LogP contribution >= 0.6 is 34.7 Å². The maximum atomic E-state index is 12.2. The first-order valence-corrected chi connectivity index (χ1v) is 10.6. The molecule has 0 radical (unpaired) electrons. The molecule has 9 heteroatoms. The zero-order chi connectivity index (χ0) is 19.9. The average molecular weight is 435 g/mol. The molecule has 0 aliphatic heterocycles. The molecule has 0 saturated heterocycles. The van der Waals surface area contributed by atoms with Crippen LogP contribution in [0.25, 0.3) is 0 Å². The van der Waals surface area contributed by atoms with Crippen molar-refractivity contribution in [2.24, 2.45) is 0 Å². The van der Waals surface area contributed by atoms with Gasteiger partial charge in [0.05, 0.1) is 18.9 Å². The minimum absolute atomic E-state index is 0.0627. The fourth-order valence-corrected chi connectivity index (χ4v) is 4.07. The summed E-state index contributed by atoms with van der Waals surface area (Å²) >= 11 is 8.65. The molecule has 0 fully saturated rings. The van der Waals surface area contributed by atoms with E-state index < -0.39 is 0 Å². The smallest absolute Gasteiger partial charge is 0.230 e. The molecule has 1 unspecified atom stereocenters. The predicted molar refractivity (Wildman–Crippen MR) is 115 cm³/mol. The molecule has 3 aromatic rings. The number of aromatic nitrogens is 2. The molecule has 28 heavy (non-hydrogen) atoms. The number of carbonyl (C=O) groups is 1. The Morgan fingerprint density at radius 3 is 2.57 bits per heavy atom. The second-order valence-corrected chi connectivity index (χ2v) is 8.49. The van der Waals surface area contributed by atoms with Crippen LogP contribution in [0.15, 0.2) is 52.9 Å². The molecule has 146 valence electrons. The van der Waals surface area contributed by atoms with Crippen molar-refractivity contribution < 1.29 is 9.53 Å². The Bertz CT molecular complexity index is 916. The van der Waals surface area contributed by atoms with Crippen molar-refractivity contribution >= 4 is 51.4 Å². The summed E-state index contributed by atoms with van der Waals surface area (Å²) in [5.74, 6) is 1.000. The summed E-state index contributed by atoms with van der Waals surface area (Å²) in [6.45, 7) is 1.94. The molecular formula is C19H19ClN4O2S2. The number of amides is 1. The van der Waals surface area contributed by atoms with E-state index in [9.17, 15) is 4.79 Å². The lowest BCUT2D eigenvalue weighted by molar-refractivity contribution is -0.119. The van der Waals surface area contributed by atoms with Crippen molar-refractivity contribution in [3.63, 3.8) is 0 Å². The van der Waals surface area contributed by atoms with Crippen LogP contribution in [0.3, 0.4) is 0 Å². The molecular weight excluding hydrogens is 416 g/mol. The van der Waals surface area contributed by atoms with E-state index in [1.54, 1.807) is 7.11 Å². The summed E-state index contributed by atoms with van der Waals surface area (Å²) in [7, 11) is 1.63. The largest absolute Gasteiger partial charge is 0.497 e. The third kappa shape index (κ3) is 5.85. The van der Waals surface area contributed by atoms with Gasteiger partial charge in [0.25, 0.3) is 0 Å². The standard InChI is InChI=1S/C19H19ClN4O2S2/c1-12(13-3-5-14(20)6-4-13)21-17(25)11-27-19-24-23-18(28-19)22-15-7-9-16(26-2)10-8-15/h3-10,12H,11H2,1-2H3,(H,21,25)(H,22,23). The van der Waals surface area contributed by atoms with E-state index in [-0.39, 0.29) is 17.7 Å². The number of nitrogens with zero attached hydrogens (tertiary/aromatic N) is 2. The number of ether oxygens (including phenoxy) is 1. The number of methoxy groups -OCH3 is 1. The highest BCUT2D eigenvalue weighted by molar-refractivity contribution is 8.01. The van der Waals surface area contributed by atoms with Gasteiger partial charge in [-0.2, -0.15) is 0 Å². The van der Waals surface area contributed by atoms with Gasteiger partial charge in [0.2, 0.25) is 11.0 Å². The third-order valence-corrected chi connectivity index (χ3v) is 6.05. The second-order valence-electron chi connectivity index (χ2n) is 5.86. The maximum Gasteiger partial charge on any atom is 0.230 e. The minimum Gasteiger partial charge on any atom is -0.497 e. The summed E-state index contributed by atoms with van der Waals surface area (Å²) in [5, 5.41) is 15.7. The number of benzene rings is 2. The Kier molecular flexibility index (Phi) is 7.13. The Labute approximate surface area is 176 Å². The molecule has 0 bridgehead atoms. The van der Waals surface area contributed by atoms with Crippen molar-refractivity contribution in [3.05, 3.63) is 59.1 Å². The van der Waals surface area contributed by atoms with E-state index in [2.05, 4.69) is 20.8 Å². The SMILES string of the molecule is COc1ccc(Nc2nnc(SCC(=O)NC(C)c3ccc(Cl)cc3)s2)cc1. The fourth-order valence-electron chi connectivity index (χ4n) is 2.36. The van der Waals surface area contributed by atoms with Gasteiger partial charge in [0, 0.05) is 10.7 Å². The highest BCUT2D eigenvalue weighted by Gasteiger charge is 2.12. The summed E-state index contributed by atoms with van der Waals surface area (Å²) in [6.07, 6.45) is 0. The normalized spacial score (nSPS) is 11.7. The zero-order valence-electron chi connectivity index (χ0n) is 15.3.